The molecule has 7 heteroatoms. The molecule has 0 spiro atoms. The summed E-state index contributed by atoms with van der Waals surface area (Å²) in [6.45, 7) is 8.06. The fraction of sp³-hybridized carbons (Fsp3) is 0.571. The molecule has 0 aromatic carbocycles. The first-order valence-electron chi connectivity index (χ1n) is 6.93. The van der Waals surface area contributed by atoms with E-state index in [2.05, 4.69) is 21.5 Å². The van der Waals surface area contributed by atoms with Crippen LogP contribution in [0.4, 0.5) is 5.69 Å². The molecule has 0 atom stereocenters. The van der Waals surface area contributed by atoms with Crippen molar-refractivity contribution in [3.8, 4) is 6.07 Å². The molecular formula is C14H22N6O. The van der Waals surface area contributed by atoms with Gasteiger partial charge in [0.1, 0.15) is 5.82 Å². The van der Waals surface area contributed by atoms with Crippen LogP contribution in [0.2, 0.25) is 0 Å². The number of carbonyl (C=O) groups is 1. The van der Waals surface area contributed by atoms with E-state index >= 15 is 0 Å². The van der Waals surface area contributed by atoms with Crippen LogP contribution in [0.5, 0.6) is 0 Å². The third kappa shape index (κ3) is 4.13. The summed E-state index contributed by atoms with van der Waals surface area (Å²) >= 11 is 0. The number of hydrogen-bond donors (Lipinski definition) is 2. The van der Waals surface area contributed by atoms with E-state index in [1.54, 1.807) is 4.90 Å². The zero-order valence-electron chi connectivity index (χ0n) is 12.9. The molecule has 1 rings (SSSR count). The third-order valence-electron chi connectivity index (χ3n) is 3.03. The predicted octanol–water partition coefficient (Wildman–Crippen LogP) is 1.65. The van der Waals surface area contributed by atoms with E-state index in [4.69, 9.17) is 11.1 Å². The molecule has 0 saturated heterocycles. The number of rotatable bonds is 6. The van der Waals surface area contributed by atoms with Gasteiger partial charge in [0, 0.05) is 18.5 Å². The second kappa shape index (κ2) is 7.55. The Morgan fingerprint density at radius 3 is 2.62 bits per heavy atom. The molecule has 0 aliphatic heterocycles. The van der Waals surface area contributed by atoms with Crippen LogP contribution in [0.15, 0.2) is 6.20 Å². The number of carbonyl (C=O) groups excluding carboxylic acids is 1. The standard InChI is InChI=1S/C14H22N6O/c1-9(2)13-17-8-11(19-16)12(18-13)14(21)20(10(3)4)7-5-6-15/h8-10,19H,5,7,16H2,1-4H3. The van der Waals surface area contributed by atoms with Crippen LogP contribution in [0.25, 0.3) is 0 Å². The topological polar surface area (TPSA) is 108 Å². The van der Waals surface area contributed by atoms with Crippen LogP contribution < -0.4 is 11.3 Å². The van der Waals surface area contributed by atoms with Gasteiger partial charge in [-0.2, -0.15) is 5.26 Å². The summed E-state index contributed by atoms with van der Waals surface area (Å²) in [6.07, 6.45) is 1.79. The lowest BCUT2D eigenvalue weighted by atomic mass is 10.2. The number of nitriles is 1. The van der Waals surface area contributed by atoms with Gasteiger partial charge in [0.2, 0.25) is 0 Å². The SMILES string of the molecule is CC(C)c1ncc(NN)c(C(=O)N(CCC#N)C(C)C)n1. The van der Waals surface area contributed by atoms with Crippen molar-refractivity contribution in [3.63, 3.8) is 0 Å². The maximum absolute atomic E-state index is 12.7. The quantitative estimate of drug-likeness (QED) is 0.609. The van der Waals surface area contributed by atoms with Crippen LogP contribution in [0.1, 0.15) is 56.3 Å². The Kier molecular flexibility index (Phi) is 6.06. The maximum Gasteiger partial charge on any atom is 0.275 e. The lowest BCUT2D eigenvalue weighted by molar-refractivity contribution is 0.0704. The van der Waals surface area contributed by atoms with Gasteiger partial charge in [0.05, 0.1) is 24.4 Å². The van der Waals surface area contributed by atoms with Gasteiger partial charge in [-0.05, 0) is 13.8 Å². The molecule has 1 aromatic rings. The Morgan fingerprint density at radius 2 is 2.14 bits per heavy atom. The second-order valence-corrected chi connectivity index (χ2v) is 5.29. The van der Waals surface area contributed by atoms with Gasteiger partial charge in [0.25, 0.3) is 5.91 Å². The molecule has 0 saturated carbocycles. The van der Waals surface area contributed by atoms with Gasteiger partial charge in [0.15, 0.2) is 5.69 Å². The smallest absolute Gasteiger partial charge is 0.275 e. The van der Waals surface area contributed by atoms with Crippen LogP contribution in [0, 0.1) is 11.3 Å². The lowest BCUT2D eigenvalue weighted by Crippen LogP contribution is -2.39. The molecule has 1 amide bonds. The monoisotopic (exact) mass is 290 g/mol. The molecule has 0 unspecified atom stereocenters. The number of hydrogen-bond acceptors (Lipinski definition) is 6. The molecule has 0 bridgehead atoms. The largest absolute Gasteiger partial charge is 0.334 e. The highest BCUT2D eigenvalue weighted by Gasteiger charge is 2.23. The van der Waals surface area contributed by atoms with Gasteiger partial charge in [-0.15, -0.1) is 0 Å². The van der Waals surface area contributed by atoms with Gasteiger partial charge < -0.3 is 10.3 Å². The molecule has 0 fully saturated rings. The summed E-state index contributed by atoms with van der Waals surface area (Å²) in [5.74, 6) is 5.88. The second-order valence-electron chi connectivity index (χ2n) is 5.29. The molecule has 0 radical (unpaired) electrons. The minimum absolute atomic E-state index is 0.0334. The minimum atomic E-state index is -0.252. The predicted molar refractivity (Wildman–Crippen MR) is 80.3 cm³/mol. The normalized spacial score (nSPS) is 10.6. The molecule has 0 aliphatic rings. The molecular weight excluding hydrogens is 268 g/mol. The average molecular weight is 290 g/mol. The number of anilines is 1. The van der Waals surface area contributed by atoms with Gasteiger partial charge in [-0.1, -0.05) is 13.8 Å². The Bertz CT molecular complexity index is 535. The molecule has 21 heavy (non-hydrogen) atoms. The Hall–Kier alpha value is -2.20. The third-order valence-corrected chi connectivity index (χ3v) is 3.03. The summed E-state index contributed by atoms with van der Waals surface area (Å²) in [5, 5.41) is 8.72. The van der Waals surface area contributed by atoms with Crippen molar-refractivity contribution in [1.29, 1.82) is 5.26 Å². The van der Waals surface area contributed by atoms with E-state index in [0.717, 1.165) is 0 Å². The van der Waals surface area contributed by atoms with E-state index in [1.165, 1.54) is 6.20 Å². The number of nitrogen functional groups attached to an aromatic ring is 1. The molecule has 0 aliphatic carbocycles. The number of aromatic nitrogens is 2. The van der Waals surface area contributed by atoms with Crippen molar-refractivity contribution in [2.24, 2.45) is 5.84 Å². The number of amides is 1. The number of nitrogens with two attached hydrogens (primary N) is 1. The lowest BCUT2D eigenvalue weighted by Gasteiger charge is -2.26. The van der Waals surface area contributed by atoms with Gasteiger partial charge in [-0.3, -0.25) is 10.6 Å². The van der Waals surface area contributed by atoms with Crippen LogP contribution in [0.3, 0.4) is 0 Å². The maximum atomic E-state index is 12.7. The first-order chi connectivity index (χ1) is 9.92. The van der Waals surface area contributed by atoms with E-state index < -0.39 is 0 Å². The van der Waals surface area contributed by atoms with E-state index in [9.17, 15) is 4.79 Å². The fourth-order valence-electron chi connectivity index (χ4n) is 1.84. The molecule has 3 N–H and O–H groups in total. The Morgan fingerprint density at radius 1 is 1.48 bits per heavy atom. The molecule has 7 nitrogen and oxygen atoms in total. The fourth-order valence-corrected chi connectivity index (χ4v) is 1.84. The minimum Gasteiger partial charge on any atom is -0.334 e. The van der Waals surface area contributed by atoms with Crippen molar-refractivity contribution >= 4 is 11.6 Å². The number of nitrogens with zero attached hydrogens (tertiary/aromatic N) is 4. The van der Waals surface area contributed by atoms with Crippen LogP contribution in [-0.2, 0) is 0 Å². The van der Waals surface area contributed by atoms with Crippen molar-refractivity contribution in [2.75, 3.05) is 12.0 Å². The first-order valence-corrected chi connectivity index (χ1v) is 6.93. The van der Waals surface area contributed by atoms with Crippen molar-refractivity contribution in [2.45, 2.75) is 46.1 Å². The molecule has 1 aromatic heterocycles. The van der Waals surface area contributed by atoms with Crippen LogP contribution >= 0.6 is 0 Å². The highest BCUT2D eigenvalue weighted by atomic mass is 16.2. The zero-order chi connectivity index (χ0) is 16.0. The highest BCUT2D eigenvalue weighted by molar-refractivity contribution is 5.97. The zero-order valence-corrected chi connectivity index (χ0v) is 12.9. The number of hydrazine groups is 1. The van der Waals surface area contributed by atoms with E-state index in [-0.39, 0.29) is 30.0 Å². The Balaban J connectivity index is 3.19. The highest BCUT2D eigenvalue weighted by Crippen LogP contribution is 2.18. The Labute approximate surface area is 125 Å². The van der Waals surface area contributed by atoms with Gasteiger partial charge in [-0.25, -0.2) is 9.97 Å². The van der Waals surface area contributed by atoms with Crippen molar-refractivity contribution < 1.29 is 4.79 Å². The van der Waals surface area contributed by atoms with E-state index in [1.807, 2.05) is 27.7 Å². The molecule has 114 valence electrons. The molecule has 1 heterocycles. The summed E-state index contributed by atoms with van der Waals surface area (Å²) in [6, 6.07) is 2.02. The van der Waals surface area contributed by atoms with E-state index in [0.29, 0.717) is 18.1 Å². The summed E-state index contributed by atoms with van der Waals surface area (Å²) in [4.78, 5) is 22.8. The summed E-state index contributed by atoms with van der Waals surface area (Å²) in [7, 11) is 0. The first kappa shape index (κ1) is 16.9. The number of nitrogens with one attached hydrogen (secondary N) is 1. The van der Waals surface area contributed by atoms with Crippen molar-refractivity contribution in [1.82, 2.24) is 14.9 Å². The van der Waals surface area contributed by atoms with Crippen molar-refractivity contribution in [3.05, 3.63) is 17.7 Å². The summed E-state index contributed by atoms with van der Waals surface area (Å²) in [5.41, 5.74) is 3.08. The summed E-state index contributed by atoms with van der Waals surface area (Å²) < 4.78 is 0. The average Bonchev–Trinajstić information content (AvgIpc) is 2.46. The van der Waals surface area contributed by atoms with Crippen LogP contribution in [-0.4, -0.2) is 33.4 Å². The van der Waals surface area contributed by atoms with Gasteiger partial charge >= 0.3 is 0 Å².